The largest absolute Gasteiger partial charge is 0.0654 e. The second-order valence-electron chi connectivity index (χ2n) is 14.9. The Kier molecular flexibility index (Phi) is 5.51. The van der Waals surface area contributed by atoms with Crippen LogP contribution in [0.15, 0.2) is 0 Å². The standard InChI is InChI=1S/C31H54/c1-8-10-21(2)22-11-12-24-23(22)15-19-30(6)25(24)13-14-27-29(5)18-9-17-28(3,4)26(29)16-20-31(27,30)7/h21-27H,8-20H2,1-7H3/t21-,22+,23-,24-,25+,26-,27+,29-,30+,31+/m0/s1. The zero-order chi connectivity index (χ0) is 22.2. The molecule has 0 saturated heterocycles. The molecule has 0 aromatic carbocycles. The van der Waals surface area contributed by atoms with Crippen molar-refractivity contribution in [2.24, 2.45) is 63.1 Å². The molecule has 0 aliphatic heterocycles. The second-order valence-corrected chi connectivity index (χ2v) is 14.9. The molecule has 0 aromatic heterocycles. The molecule has 0 heterocycles. The Morgan fingerprint density at radius 1 is 0.710 bits per heavy atom. The van der Waals surface area contributed by atoms with Gasteiger partial charge in [-0.1, -0.05) is 67.7 Å². The second kappa shape index (κ2) is 7.50. The van der Waals surface area contributed by atoms with Gasteiger partial charge in [-0.15, -0.1) is 0 Å². The third-order valence-corrected chi connectivity index (χ3v) is 13.6. The molecule has 0 bridgehead atoms. The lowest BCUT2D eigenvalue weighted by atomic mass is 9.33. The molecule has 5 saturated carbocycles. The van der Waals surface area contributed by atoms with Gasteiger partial charge < -0.3 is 0 Å². The summed E-state index contributed by atoms with van der Waals surface area (Å²) in [6, 6.07) is 0. The SMILES string of the molecule is CCC[C@H](C)[C@H]1CC[C@H]2[C@H]1CC[C@]1(C)[C@@H]2CC[C@@H]2[C@@]3(C)CCCC(C)(C)[C@@H]3CC[C@]21C. The number of rotatable bonds is 3. The Morgan fingerprint density at radius 2 is 1.45 bits per heavy atom. The van der Waals surface area contributed by atoms with E-state index in [2.05, 4.69) is 48.5 Å². The van der Waals surface area contributed by atoms with Gasteiger partial charge >= 0.3 is 0 Å². The highest BCUT2D eigenvalue weighted by atomic mass is 14.7. The summed E-state index contributed by atoms with van der Waals surface area (Å²) in [5, 5.41) is 0. The molecule has 5 rings (SSSR count). The van der Waals surface area contributed by atoms with Crippen LogP contribution in [-0.4, -0.2) is 0 Å². The lowest BCUT2D eigenvalue weighted by molar-refractivity contribution is -0.227. The highest BCUT2D eigenvalue weighted by molar-refractivity contribution is 5.16. The molecule has 5 fully saturated rings. The maximum atomic E-state index is 2.82. The highest BCUT2D eigenvalue weighted by Gasteiger charge is 2.68. The van der Waals surface area contributed by atoms with Crippen molar-refractivity contribution in [1.82, 2.24) is 0 Å². The van der Waals surface area contributed by atoms with Gasteiger partial charge in [-0.2, -0.15) is 0 Å². The Balaban J connectivity index is 1.44. The third-order valence-electron chi connectivity index (χ3n) is 13.6. The zero-order valence-electron chi connectivity index (χ0n) is 22.2. The fourth-order valence-corrected chi connectivity index (χ4v) is 12.1. The molecule has 0 heteroatoms. The van der Waals surface area contributed by atoms with Crippen molar-refractivity contribution >= 4 is 0 Å². The van der Waals surface area contributed by atoms with Crippen LogP contribution in [0.2, 0.25) is 0 Å². The van der Waals surface area contributed by atoms with E-state index in [1.54, 1.807) is 38.5 Å². The molecule has 0 aromatic rings. The van der Waals surface area contributed by atoms with Gasteiger partial charge in [0, 0.05) is 0 Å². The molecule has 5 aliphatic rings. The van der Waals surface area contributed by atoms with Crippen molar-refractivity contribution in [2.45, 2.75) is 132 Å². The van der Waals surface area contributed by atoms with Crippen LogP contribution in [0, 0.1) is 63.1 Å². The highest BCUT2D eigenvalue weighted by Crippen LogP contribution is 2.75. The minimum atomic E-state index is 0.567. The number of fused-ring (bicyclic) bond motifs is 7. The lowest BCUT2D eigenvalue weighted by Crippen LogP contribution is -2.64. The first-order valence-corrected chi connectivity index (χ1v) is 14.6. The molecule has 0 radical (unpaired) electrons. The first-order valence-electron chi connectivity index (χ1n) is 14.6. The smallest absolute Gasteiger partial charge is 0.0235 e. The van der Waals surface area contributed by atoms with E-state index in [-0.39, 0.29) is 0 Å². The van der Waals surface area contributed by atoms with E-state index in [1.807, 2.05) is 0 Å². The van der Waals surface area contributed by atoms with Crippen LogP contribution in [0.4, 0.5) is 0 Å². The van der Waals surface area contributed by atoms with Crippen molar-refractivity contribution < 1.29 is 0 Å². The normalized spacial score (nSPS) is 54.3. The van der Waals surface area contributed by atoms with Crippen LogP contribution in [0.25, 0.3) is 0 Å². The lowest BCUT2D eigenvalue weighted by Gasteiger charge is -2.71. The summed E-state index contributed by atoms with van der Waals surface area (Å²) in [6.45, 7) is 18.6. The fraction of sp³-hybridized carbons (Fsp3) is 1.00. The van der Waals surface area contributed by atoms with Gasteiger partial charge in [0.05, 0.1) is 0 Å². The molecule has 31 heavy (non-hydrogen) atoms. The summed E-state index contributed by atoms with van der Waals surface area (Å²) in [5.74, 6) is 7.13. The Hall–Kier alpha value is 0. The van der Waals surface area contributed by atoms with Crippen molar-refractivity contribution in [3.05, 3.63) is 0 Å². The van der Waals surface area contributed by atoms with Crippen molar-refractivity contribution in [3.63, 3.8) is 0 Å². The molecule has 5 aliphatic carbocycles. The maximum absolute atomic E-state index is 2.82. The van der Waals surface area contributed by atoms with Gasteiger partial charge in [0.25, 0.3) is 0 Å². The molecule has 0 N–H and O–H groups in total. The molecular weight excluding hydrogens is 372 g/mol. The van der Waals surface area contributed by atoms with E-state index in [0.29, 0.717) is 21.7 Å². The van der Waals surface area contributed by atoms with E-state index in [9.17, 15) is 0 Å². The fourth-order valence-electron chi connectivity index (χ4n) is 12.1. The van der Waals surface area contributed by atoms with E-state index in [4.69, 9.17) is 0 Å². The summed E-state index contributed by atoms with van der Waals surface area (Å²) in [7, 11) is 0. The summed E-state index contributed by atoms with van der Waals surface area (Å²) >= 11 is 0. The Morgan fingerprint density at radius 3 is 2.19 bits per heavy atom. The maximum Gasteiger partial charge on any atom is -0.0235 e. The summed E-state index contributed by atoms with van der Waals surface area (Å²) in [5.41, 5.74) is 2.37. The Labute approximate surface area is 195 Å². The molecule has 0 spiro atoms. The molecule has 0 nitrogen and oxygen atoms in total. The van der Waals surface area contributed by atoms with Crippen LogP contribution in [0.5, 0.6) is 0 Å². The summed E-state index contributed by atoms with van der Waals surface area (Å²) in [4.78, 5) is 0. The van der Waals surface area contributed by atoms with Crippen LogP contribution < -0.4 is 0 Å². The number of hydrogen-bond acceptors (Lipinski definition) is 0. The van der Waals surface area contributed by atoms with Gasteiger partial charge in [0.2, 0.25) is 0 Å². The zero-order valence-corrected chi connectivity index (χ0v) is 22.2. The van der Waals surface area contributed by atoms with Crippen LogP contribution in [-0.2, 0) is 0 Å². The average Bonchev–Trinajstić information content (AvgIpc) is 3.12. The van der Waals surface area contributed by atoms with Gasteiger partial charge in [-0.25, -0.2) is 0 Å². The average molecular weight is 427 g/mol. The van der Waals surface area contributed by atoms with Crippen LogP contribution >= 0.6 is 0 Å². The van der Waals surface area contributed by atoms with Gasteiger partial charge in [0.1, 0.15) is 0 Å². The first kappa shape index (κ1) is 22.8. The molecular formula is C31H54. The van der Waals surface area contributed by atoms with Crippen LogP contribution in [0.1, 0.15) is 132 Å². The predicted molar refractivity (Wildman–Crippen MR) is 134 cm³/mol. The van der Waals surface area contributed by atoms with Crippen molar-refractivity contribution in [3.8, 4) is 0 Å². The molecule has 178 valence electrons. The van der Waals surface area contributed by atoms with E-state index in [0.717, 1.165) is 41.4 Å². The van der Waals surface area contributed by atoms with Crippen molar-refractivity contribution in [1.29, 1.82) is 0 Å². The monoisotopic (exact) mass is 426 g/mol. The van der Waals surface area contributed by atoms with Crippen LogP contribution in [0.3, 0.4) is 0 Å². The molecule has 0 amide bonds. The molecule has 0 unspecified atom stereocenters. The minimum absolute atomic E-state index is 0.567. The first-order chi connectivity index (χ1) is 14.6. The van der Waals surface area contributed by atoms with Gasteiger partial charge in [0.15, 0.2) is 0 Å². The summed E-state index contributed by atoms with van der Waals surface area (Å²) < 4.78 is 0. The quantitative estimate of drug-likeness (QED) is 0.421. The predicted octanol–water partition coefficient (Wildman–Crippen LogP) is 9.52. The third kappa shape index (κ3) is 3.04. The Bertz CT molecular complexity index is 676. The topological polar surface area (TPSA) is 0 Å². The van der Waals surface area contributed by atoms with Gasteiger partial charge in [-0.3, -0.25) is 0 Å². The number of hydrogen-bond donors (Lipinski definition) is 0. The molecule has 10 atom stereocenters. The van der Waals surface area contributed by atoms with E-state index in [1.165, 1.54) is 44.9 Å². The minimum Gasteiger partial charge on any atom is -0.0654 e. The van der Waals surface area contributed by atoms with Gasteiger partial charge in [-0.05, 0) is 127 Å². The van der Waals surface area contributed by atoms with E-state index < -0.39 is 0 Å². The summed E-state index contributed by atoms with van der Waals surface area (Å²) in [6.07, 6.45) is 19.7. The van der Waals surface area contributed by atoms with E-state index >= 15 is 0 Å². The van der Waals surface area contributed by atoms with Crippen molar-refractivity contribution in [2.75, 3.05) is 0 Å².